The van der Waals surface area contributed by atoms with Crippen molar-refractivity contribution < 1.29 is 0 Å². The summed E-state index contributed by atoms with van der Waals surface area (Å²) in [7, 11) is 0. The summed E-state index contributed by atoms with van der Waals surface area (Å²) in [6, 6.07) is 27.9. The average molecular weight is 351 g/mol. The lowest BCUT2D eigenvalue weighted by atomic mass is 9.99. The summed E-state index contributed by atoms with van der Waals surface area (Å²) in [5, 5.41) is 8.48. The van der Waals surface area contributed by atoms with Crippen molar-refractivity contribution in [1.29, 1.82) is 0 Å². The molecule has 0 saturated heterocycles. The largest absolute Gasteiger partial charge is 0.359 e. The third-order valence-electron chi connectivity index (χ3n) is 5.27. The van der Waals surface area contributed by atoms with E-state index in [9.17, 15) is 0 Å². The molecule has 1 unspecified atom stereocenters. The Morgan fingerprint density at radius 2 is 1.56 bits per heavy atom. The van der Waals surface area contributed by atoms with Gasteiger partial charge in [0.2, 0.25) is 0 Å². The van der Waals surface area contributed by atoms with E-state index < -0.39 is 0 Å². The van der Waals surface area contributed by atoms with Crippen molar-refractivity contribution in [3.63, 3.8) is 0 Å². The molecule has 27 heavy (non-hydrogen) atoms. The molecule has 0 spiro atoms. The zero-order valence-electron chi connectivity index (χ0n) is 15.5. The van der Waals surface area contributed by atoms with Crippen LogP contribution < -0.4 is 5.32 Å². The van der Waals surface area contributed by atoms with Crippen molar-refractivity contribution in [2.45, 2.75) is 20.0 Å². The molecular weight excluding hydrogens is 330 g/mol. The number of fused-ring (bicyclic) bond motifs is 3. The Balaban J connectivity index is 1.59. The number of aromatic nitrogens is 2. The molecule has 1 atom stereocenters. The number of rotatable bonds is 2. The molecule has 0 radical (unpaired) electrons. The van der Waals surface area contributed by atoms with Crippen LogP contribution in [0.4, 0.5) is 5.69 Å². The van der Waals surface area contributed by atoms with Crippen LogP contribution in [-0.4, -0.2) is 9.78 Å². The lowest BCUT2D eigenvalue weighted by Gasteiger charge is -2.30. The molecule has 1 aromatic heterocycles. The molecule has 0 aliphatic carbocycles. The molecule has 1 aliphatic rings. The molecule has 3 heteroatoms. The third-order valence-corrected chi connectivity index (χ3v) is 5.27. The first kappa shape index (κ1) is 15.9. The second kappa shape index (κ2) is 6.13. The Morgan fingerprint density at radius 3 is 2.33 bits per heavy atom. The summed E-state index contributed by atoms with van der Waals surface area (Å²) in [5.74, 6) is 0. The van der Waals surface area contributed by atoms with E-state index in [1.165, 1.54) is 39.2 Å². The lowest BCUT2D eigenvalue weighted by molar-refractivity contribution is 0.570. The molecule has 2 heterocycles. The minimum Gasteiger partial charge on any atom is -0.359 e. The van der Waals surface area contributed by atoms with E-state index in [2.05, 4.69) is 96.6 Å². The molecule has 0 saturated carbocycles. The van der Waals surface area contributed by atoms with Gasteiger partial charge in [-0.05, 0) is 42.2 Å². The number of nitrogens with zero attached hydrogens (tertiary/aromatic N) is 2. The number of aryl methyl sites for hydroxylation is 2. The second-order valence-electron chi connectivity index (χ2n) is 7.15. The number of hydrogen-bond acceptors (Lipinski definition) is 2. The molecule has 5 rings (SSSR count). The van der Waals surface area contributed by atoms with Crippen LogP contribution in [0.5, 0.6) is 0 Å². The quantitative estimate of drug-likeness (QED) is 0.494. The van der Waals surface area contributed by atoms with E-state index in [0.29, 0.717) is 0 Å². The Morgan fingerprint density at radius 1 is 0.815 bits per heavy atom. The van der Waals surface area contributed by atoms with Gasteiger partial charge < -0.3 is 5.32 Å². The first-order valence-electron chi connectivity index (χ1n) is 9.29. The molecule has 1 N–H and O–H groups in total. The molecule has 1 aliphatic heterocycles. The number of benzene rings is 3. The normalized spacial score (nSPS) is 15.0. The highest BCUT2D eigenvalue weighted by Gasteiger charge is 2.27. The van der Waals surface area contributed by atoms with Crippen molar-refractivity contribution in [2.24, 2.45) is 0 Å². The summed E-state index contributed by atoms with van der Waals surface area (Å²) in [4.78, 5) is 0. The summed E-state index contributed by atoms with van der Waals surface area (Å²) < 4.78 is 2.11. The number of para-hydroxylation sites is 1. The summed E-state index contributed by atoms with van der Waals surface area (Å²) in [6.07, 6.45) is -0.00729. The number of nitrogens with one attached hydrogen (secondary N) is 1. The molecule has 132 valence electrons. The van der Waals surface area contributed by atoms with Gasteiger partial charge >= 0.3 is 0 Å². The van der Waals surface area contributed by atoms with Gasteiger partial charge in [0.25, 0.3) is 0 Å². The molecule has 0 bridgehead atoms. The highest BCUT2D eigenvalue weighted by Crippen LogP contribution is 2.40. The topological polar surface area (TPSA) is 29.9 Å². The lowest BCUT2D eigenvalue weighted by Crippen LogP contribution is -2.26. The van der Waals surface area contributed by atoms with Gasteiger partial charge in [0, 0.05) is 11.3 Å². The highest BCUT2D eigenvalue weighted by atomic mass is 15.4. The van der Waals surface area contributed by atoms with Crippen molar-refractivity contribution in [2.75, 3.05) is 5.32 Å². The first-order chi connectivity index (χ1) is 13.2. The van der Waals surface area contributed by atoms with Crippen LogP contribution in [0.3, 0.4) is 0 Å². The SMILES string of the molecule is Cc1cc2n(n1)C(c1ccc(-c3ccccc3)cc1)Nc1c(C)cccc1-2. The van der Waals surface area contributed by atoms with Gasteiger partial charge in [0.05, 0.1) is 11.4 Å². The Labute approximate surface area is 159 Å². The molecular formula is C24H21N3. The van der Waals surface area contributed by atoms with Gasteiger partial charge in [-0.15, -0.1) is 0 Å². The van der Waals surface area contributed by atoms with E-state index >= 15 is 0 Å². The minimum atomic E-state index is -0.00729. The first-order valence-corrected chi connectivity index (χ1v) is 9.29. The van der Waals surface area contributed by atoms with Crippen LogP contribution in [0.25, 0.3) is 22.4 Å². The predicted octanol–water partition coefficient (Wildman–Crippen LogP) is 5.81. The van der Waals surface area contributed by atoms with Gasteiger partial charge in [-0.2, -0.15) is 5.10 Å². The maximum atomic E-state index is 4.77. The maximum absolute atomic E-state index is 4.77. The van der Waals surface area contributed by atoms with Crippen molar-refractivity contribution in [1.82, 2.24) is 9.78 Å². The van der Waals surface area contributed by atoms with Crippen molar-refractivity contribution in [3.8, 4) is 22.4 Å². The summed E-state index contributed by atoms with van der Waals surface area (Å²) in [6.45, 7) is 4.20. The van der Waals surface area contributed by atoms with E-state index in [1.807, 2.05) is 6.07 Å². The fourth-order valence-electron chi connectivity index (χ4n) is 3.90. The van der Waals surface area contributed by atoms with Crippen LogP contribution in [0, 0.1) is 13.8 Å². The fourth-order valence-corrected chi connectivity index (χ4v) is 3.90. The second-order valence-corrected chi connectivity index (χ2v) is 7.15. The summed E-state index contributed by atoms with van der Waals surface area (Å²) >= 11 is 0. The molecule has 3 nitrogen and oxygen atoms in total. The van der Waals surface area contributed by atoms with Crippen LogP contribution in [0.1, 0.15) is 23.0 Å². The van der Waals surface area contributed by atoms with Gasteiger partial charge in [-0.1, -0.05) is 72.8 Å². The van der Waals surface area contributed by atoms with E-state index in [4.69, 9.17) is 5.10 Å². The van der Waals surface area contributed by atoms with E-state index in [0.717, 1.165) is 5.69 Å². The molecule has 3 aromatic carbocycles. The number of hydrogen-bond donors (Lipinski definition) is 1. The van der Waals surface area contributed by atoms with Crippen LogP contribution in [0.15, 0.2) is 78.9 Å². The number of anilines is 1. The Bertz CT molecular complexity index is 1110. The molecule has 0 amide bonds. The maximum Gasteiger partial charge on any atom is 0.147 e. The van der Waals surface area contributed by atoms with Gasteiger partial charge in [-0.25, -0.2) is 4.68 Å². The van der Waals surface area contributed by atoms with Gasteiger partial charge in [-0.3, -0.25) is 0 Å². The standard InChI is InChI=1S/C24H21N3/c1-16-7-6-10-21-22-15-17(2)26-27(22)24(25-23(16)21)20-13-11-19(12-14-20)18-8-4-3-5-9-18/h3-15,24-25H,1-2H3. The van der Waals surface area contributed by atoms with Gasteiger partial charge in [0.15, 0.2) is 0 Å². The third kappa shape index (κ3) is 2.63. The zero-order chi connectivity index (χ0) is 18.4. The Kier molecular flexibility index (Phi) is 3.61. The average Bonchev–Trinajstić information content (AvgIpc) is 3.10. The van der Waals surface area contributed by atoms with Gasteiger partial charge in [0.1, 0.15) is 6.17 Å². The monoisotopic (exact) mass is 351 g/mol. The van der Waals surface area contributed by atoms with E-state index in [1.54, 1.807) is 0 Å². The highest BCUT2D eigenvalue weighted by molar-refractivity contribution is 5.81. The van der Waals surface area contributed by atoms with Crippen molar-refractivity contribution in [3.05, 3.63) is 95.7 Å². The zero-order valence-corrected chi connectivity index (χ0v) is 15.5. The minimum absolute atomic E-state index is 0.00729. The Hall–Kier alpha value is -3.33. The molecule has 0 fully saturated rings. The smallest absolute Gasteiger partial charge is 0.147 e. The van der Waals surface area contributed by atoms with Crippen LogP contribution >= 0.6 is 0 Å². The fraction of sp³-hybridized carbons (Fsp3) is 0.125. The van der Waals surface area contributed by atoms with Crippen molar-refractivity contribution >= 4 is 5.69 Å². The molecule has 4 aromatic rings. The van der Waals surface area contributed by atoms with Crippen LogP contribution in [0.2, 0.25) is 0 Å². The summed E-state index contributed by atoms with van der Waals surface area (Å²) in [5.41, 5.74) is 9.53. The predicted molar refractivity (Wildman–Crippen MR) is 111 cm³/mol. The van der Waals surface area contributed by atoms with Crippen LogP contribution in [-0.2, 0) is 0 Å². The van der Waals surface area contributed by atoms with E-state index in [-0.39, 0.29) is 6.17 Å².